The van der Waals surface area contributed by atoms with E-state index in [9.17, 15) is 4.79 Å². The Morgan fingerprint density at radius 2 is 2.25 bits per heavy atom. The summed E-state index contributed by atoms with van der Waals surface area (Å²) in [4.78, 5) is 19.5. The van der Waals surface area contributed by atoms with Crippen molar-refractivity contribution in [3.05, 3.63) is 22.7 Å². The molecule has 0 spiro atoms. The van der Waals surface area contributed by atoms with Crippen LogP contribution in [0.15, 0.2) is 6.20 Å². The Hall–Kier alpha value is -1.16. The topological polar surface area (TPSA) is 52.1 Å². The predicted molar refractivity (Wildman–Crippen MR) is 61.4 cm³/mol. The van der Waals surface area contributed by atoms with E-state index in [1.54, 1.807) is 13.1 Å². The van der Waals surface area contributed by atoms with Crippen LogP contribution in [-0.2, 0) is 22.4 Å². The molecule has 0 saturated heterocycles. The summed E-state index contributed by atoms with van der Waals surface area (Å²) in [7, 11) is 0. The van der Waals surface area contributed by atoms with Gasteiger partial charge < -0.3 is 4.74 Å². The maximum Gasteiger partial charge on any atom is 0.310 e. The van der Waals surface area contributed by atoms with Crippen LogP contribution in [-0.4, -0.2) is 22.5 Å². The van der Waals surface area contributed by atoms with Crippen molar-refractivity contribution < 1.29 is 9.53 Å². The molecule has 1 rings (SSSR count). The Kier molecular flexibility index (Phi) is 5.19. The number of hydrogen-bond donors (Lipinski definition) is 0. The Labute approximate surface area is 100 Å². The average Bonchev–Trinajstić information content (AvgIpc) is 2.23. The smallest absolute Gasteiger partial charge is 0.310 e. The first-order valence-corrected chi connectivity index (χ1v) is 5.71. The number of hydrogen-bond acceptors (Lipinski definition) is 4. The Bertz CT molecular complexity index is 369. The largest absolute Gasteiger partial charge is 0.466 e. The average molecular weight is 243 g/mol. The van der Waals surface area contributed by atoms with Gasteiger partial charge in [-0.3, -0.25) is 4.79 Å². The van der Waals surface area contributed by atoms with Gasteiger partial charge in [0.25, 0.3) is 0 Å². The van der Waals surface area contributed by atoms with Crippen molar-refractivity contribution in [3.63, 3.8) is 0 Å². The van der Waals surface area contributed by atoms with Gasteiger partial charge >= 0.3 is 5.97 Å². The van der Waals surface area contributed by atoms with Gasteiger partial charge in [0.05, 0.1) is 13.0 Å². The lowest BCUT2D eigenvalue weighted by atomic mass is 10.2. The molecule has 0 aliphatic rings. The van der Waals surface area contributed by atoms with Crippen LogP contribution in [0.5, 0.6) is 0 Å². The third kappa shape index (κ3) is 3.77. The number of carbonyl (C=O) groups is 1. The van der Waals surface area contributed by atoms with Crippen molar-refractivity contribution in [2.45, 2.75) is 33.1 Å². The molecule has 0 unspecified atom stereocenters. The van der Waals surface area contributed by atoms with E-state index in [0.717, 1.165) is 12.8 Å². The van der Waals surface area contributed by atoms with Crippen molar-refractivity contribution in [2.75, 3.05) is 6.61 Å². The highest BCUT2D eigenvalue weighted by atomic mass is 35.5. The SMILES string of the molecule is CCCc1ncc(CC(=O)OCC)c(Cl)n1. The van der Waals surface area contributed by atoms with Gasteiger partial charge in [0.15, 0.2) is 0 Å². The van der Waals surface area contributed by atoms with Gasteiger partial charge in [0.1, 0.15) is 11.0 Å². The molecule has 0 amide bonds. The number of nitrogens with zero attached hydrogens (tertiary/aromatic N) is 2. The maximum atomic E-state index is 11.2. The maximum absolute atomic E-state index is 11.2. The predicted octanol–water partition coefficient (Wildman–Crippen LogP) is 2.19. The van der Waals surface area contributed by atoms with Crippen molar-refractivity contribution in [1.29, 1.82) is 0 Å². The normalized spacial score (nSPS) is 10.2. The molecule has 5 heteroatoms. The molecule has 0 atom stereocenters. The lowest BCUT2D eigenvalue weighted by molar-refractivity contribution is -0.142. The van der Waals surface area contributed by atoms with Crippen LogP contribution in [0.3, 0.4) is 0 Å². The molecule has 0 fully saturated rings. The lowest BCUT2D eigenvalue weighted by Gasteiger charge is -2.04. The summed E-state index contributed by atoms with van der Waals surface area (Å²) in [6.45, 7) is 4.18. The number of aryl methyl sites for hydroxylation is 1. The third-order valence-electron chi connectivity index (χ3n) is 1.98. The molecule has 88 valence electrons. The molecule has 0 saturated carbocycles. The molecule has 0 aromatic carbocycles. The molecular weight excluding hydrogens is 228 g/mol. The summed E-state index contributed by atoms with van der Waals surface area (Å²) in [6.07, 6.45) is 3.48. The summed E-state index contributed by atoms with van der Waals surface area (Å²) >= 11 is 5.95. The number of ether oxygens (including phenoxy) is 1. The van der Waals surface area contributed by atoms with Crippen molar-refractivity contribution in [3.8, 4) is 0 Å². The first-order chi connectivity index (χ1) is 7.67. The molecule has 0 aliphatic heterocycles. The summed E-state index contributed by atoms with van der Waals surface area (Å²) in [5.41, 5.74) is 0.611. The van der Waals surface area contributed by atoms with Gasteiger partial charge in [-0.1, -0.05) is 18.5 Å². The van der Waals surface area contributed by atoms with E-state index in [2.05, 4.69) is 9.97 Å². The van der Waals surface area contributed by atoms with Crippen molar-refractivity contribution in [1.82, 2.24) is 9.97 Å². The summed E-state index contributed by atoms with van der Waals surface area (Å²) in [5.74, 6) is 0.399. The fourth-order valence-corrected chi connectivity index (χ4v) is 1.46. The molecule has 1 aromatic rings. The van der Waals surface area contributed by atoms with E-state index in [0.29, 0.717) is 23.1 Å². The zero-order valence-electron chi connectivity index (χ0n) is 9.49. The molecular formula is C11H15ClN2O2. The minimum atomic E-state index is -0.309. The number of aromatic nitrogens is 2. The highest BCUT2D eigenvalue weighted by molar-refractivity contribution is 6.30. The summed E-state index contributed by atoms with van der Waals surface area (Å²) < 4.78 is 4.83. The monoisotopic (exact) mass is 242 g/mol. The quantitative estimate of drug-likeness (QED) is 0.587. The highest BCUT2D eigenvalue weighted by Crippen LogP contribution is 2.13. The Morgan fingerprint density at radius 3 is 2.81 bits per heavy atom. The molecule has 1 heterocycles. The van der Waals surface area contributed by atoms with Gasteiger partial charge in [-0.25, -0.2) is 9.97 Å². The summed E-state index contributed by atoms with van der Waals surface area (Å²) in [6, 6.07) is 0. The molecule has 0 bridgehead atoms. The first-order valence-electron chi connectivity index (χ1n) is 5.33. The molecule has 0 aliphatic carbocycles. The highest BCUT2D eigenvalue weighted by Gasteiger charge is 2.10. The number of rotatable bonds is 5. The van der Waals surface area contributed by atoms with E-state index in [4.69, 9.17) is 16.3 Å². The van der Waals surface area contributed by atoms with Gasteiger partial charge in [-0.05, 0) is 13.3 Å². The van der Waals surface area contributed by atoms with Crippen LogP contribution >= 0.6 is 11.6 Å². The second-order valence-corrected chi connectivity index (χ2v) is 3.69. The second kappa shape index (κ2) is 6.43. The van der Waals surface area contributed by atoms with E-state index in [1.165, 1.54) is 0 Å². The minimum absolute atomic E-state index is 0.124. The molecule has 1 aromatic heterocycles. The van der Waals surface area contributed by atoms with Crippen LogP contribution in [0, 0.1) is 0 Å². The second-order valence-electron chi connectivity index (χ2n) is 3.33. The first kappa shape index (κ1) is 12.9. The minimum Gasteiger partial charge on any atom is -0.466 e. The fraction of sp³-hybridized carbons (Fsp3) is 0.545. The van der Waals surface area contributed by atoms with E-state index >= 15 is 0 Å². The number of halogens is 1. The van der Waals surface area contributed by atoms with E-state index < -0.39 is 0 Å². The third-order valence-corrected chi connectivity index (χ3v) is 2.30. The van der Waals surface area contributed by atoms with Crippen molar-refractivity contribution in [2.24, 2.45) is 0 Å². The number of esters is 1. The van der Waals surface area contributed by atoms with Crippen LogP contribution in [0.2, 0.25) is 5.15 Å². The van der Waals surface area contributed by atoms with Crippen LogP contribution in [0.4, 0.5) is 0 Å². The van der Waals surface area contributed by atoms with E-state index in [-0.39, 0.29) is 12.4 Å². The standard InChI is InChI=1S/C11H15ClN2O2/c1-3-5-9-13-7-8(11(12)14-9)6-10(15)16-4-2/h7H,3-6H2,1-2H3. The summed E-state index contributed by atoms with van der Waals surface area (Å²) in [5, 5.41) is 0.339. The Morgan fingerprint density at radius 1 is 1.50 bits per heavy atom. The van der Waals surface area contributed by atoms with Gasteiger partial charge in [0.2, 0.25) is 0 Å². The van der Waals surface area contributed by atoms with Crippen LogP contribution < -0.4 is 0 Å². The van der Waals surface area contributed by atoms with Crippen LogP contribution in [0.1, 0.15) is 31.7 Å². The molecule has 4 nitrogen and oxygen atoms in total. The number of carbonyl (C=O) groups excluding carboxylic acids is 1. The van der Waals surface area contributed by atoms with Crippen LogP contribution in [0.25, 0.3) is 0 Å². The zero-order chi connectivity index (χ0) is 12.0. The Balaban J connectivity index is 2.71. The van der Waals surface area contributed by atoms with Gasteiger partial charge in [0, 0.05) is 18.2 Å². The van der Waals surface area contributed by atoms with Crippen molar-refractivity contribution >= 4 is 17.6 Å². The zero-order valence-corrected chi connectivity index (χ0v) is 10.3. The van der Waals surface area contributed by atoms with Gasteiger partial charge in [-0.2, -0.15) is 0 Å². The lowest BCUT2D eigenvalue weighted by Crippen LogP contribution is -2.09. The molecule has 0 radical (unpaired) electrons. The van der Waals surface area contributed by atoms with Gasteiger partial charge in [-0.15, -0.1) is 0 Å². The van der Waals surface area contributed by atoms with E-state index in [1.807, 2.05) is 6.92 Å². The molecule has 0 N–H and O–H groups in total. The molecule has 16 heavy (non-hydrogen) atoms. The fourth-order valence-electron chi connectivity index (χ4n) is 1.25.